The highest BCUT2D eigenvalue weighted by atomic mass is 16.4. The number of aromatic nitrogens is 1. The van der Waals surface area contributed by atoms with Gasteiger partial charge >= 0.3 is 5.97 Å². The van der Waals surface area contributed by atoms with Crippen LogP contribution in [0.2, 0.25) is 0 Å². The largest absolute Gasteiger partial charge is 0.480 e. The number of rotatable bonds is 12. The lowest BCUT2D eigenvalue weighted by Crippen LogP contribution is -2.57. The number of hydrogen-bond acceptors (Lipinski definition) is 5. The minimum atomic E-state index is -1.19. The van der Waals surface area contributed by atoms with Gasteiger partial charge in [-0.15, -0.1) is 0 Å². The molecule has 0 aliphatic heterocycles. The summed E-state index contributed by atoms with van der Waals surface area (Å²) in [6, 6.07) is 4.86. The fourth-order valence-electron chi connectivity index (χ4n) is 3.56. The number of carboxylic acid groups (broad SMARTS) is 1. The minimum Gasteiger partial charge on any atom is -0.480 e. The van der Waals surface area contributed by atoms with Crippen LogP contribution in [0.4, 0.5) is 0 Å². The van der Waals surface area contributed by atoms with E-state index in [-0.39, 0.29) is 18.3 Å². The summed E-state index contributed by atoms with van der Waals surface area (Å²) in [6.45, 7) is 6.84. The van der Waals surface area contributed by atoms with Crippen molar-refractivity contribution in [1.82, 2.24) is 20.9 Å². The Morgan fingerprint density at radius 3 is 2.24 bits per heavy atom. The number of carboxylic acids is 1. The molecule has 0 saturated heterocycles. The van der Waals surface area contributed by atoms with Gasteiger partial charge in [0.15, 0.2) is 0 Å². The van der Waals surface area contributed by atoms with Crippen molar-refractivity contribution in [1.29, 1.82) is 0 Å². The average Bonchev–Trinajstić information content (AvgIpc) is 3.18. The van der Waals surface area contributed by atoms with Gasteiger partial charge < -0.3 is 31.8 Å². The number of nitrogens with two attached hydrogens (primary N) is 1. The van der Waals surface area contributed by atoms with E-state index >= 15 is 0 Å². The molecule has 7 N–H and O–H groups in total. The normalized spacial score (nSPS) is 14.0. The van der Waals surface area contributed by atoms with E-state index in [9.17, 15) is 19.2 Å². The monoisotopic (exact) mass is 473 g/mol. The summed E-state index contributed by atoms with van der Waals surface area (Å²) in [5.41, 5.74) is 7.71. The minimum absolute atomic E-state index is 0.0527. The van der Waals surface area contributed by atoms with Gasteiger partial charge in [0, 0.05) is 23.5 Å². The SMILES string of the molecule is CC(C)CC(NC(=O)C(Cc1c[nH]c2ccccc12)NC(=O)C(N)C(C)C)C(=O)NCC(=O)O. The van der Waals surface area contributed by atoms with Crippen molar-refractivity contribution in [2.24, 2.45) is 17.6 Å². The first-order chi connectivity index (χ1) is 16.0. The lowest BCUT2D eigenvalue weighted by atomic mass is 9.99. The predicted molar refractivity (Wildman–Crippen MR) is 129 cm³/mol. The van der Waals surface area contributed by atoms with Crippen LogP contribution in [0.25, 0.3) is 10.9 Å². The Balaban J connectivity index is 2.27. The highest BCUT2D eigenvalue weighted by Crippen LogP contribution is 2.19. The van der Waals surface area contributed by atoms with Crippen molar-refractivity contribution in [3.8, 4) is 0 Å². The van der Waals surface area contributed by atoms with E-state index < -0.39 is 48.4 Å². The zero-order valence-corrected chi connectivity index (χ0v) is 20.1. The molecule has 3 unspecified atom stereocenters. The maximum atomic E-state index is 13.3. The van der Waals surface area contributed by atoms with Crippen LogP contribution in [0.15, 0.2) is 30.5 Å². The second kappa shape index (κ2) is 12.2. The summed E-state index contributed by atoms with van der Waals surface area (Å²) in [5.74, 6) is -2.88. The standard InChI is InChI=1S/C24H35N5O5/c1-13(2)9-18(22(32)27-12-20(30)31)28-23(33)19(29-24(34)21(25)14(3)4)10-15-11-26-17-8-6-5-7-16(15)17/h5-8,11,13-14,18-19,21,26H,9-10,12,25H2,1-4H3,(H,27,32)(H,28,33)(H,29,34)(H,30,31). The maximum absolute atomic E-state index is 13.3. The molecule has 1 aromatic carbocycles. The van der Waals surface area contributed by atoms with Crippen molar-refractivity contribution in [2.45, 2.75) is 58.7 Å². The van der Waals surface area contributed by atoms with Crippen molar-refractivity contribution >= 4 is 34.6 Å². The van der Waals surface area contributed by atoms with E-state index in [1.807, 2.05) is 52.0 Å². The van der Waals surface area contributed by atoms with E-state index in [1.54, 1.807) is 6.20 Å². The van der Waals surface area contributed by atoms with E-state index in [2.05, 4.69) is 20.9 Å². The molecule has 0 aliphatic carbocycles. The molecule has 2 aromatic rings. The van der Waals surface area contributed by atoms with Crippen LogP contribution < -0.4 is 21.7 Å². The van der Waals surface area contributed by atoms with Crippen LogP contribution >= 0.6 is 0 Å². The predicted octanol–water partition coefficient (Wildman–Crippen LogP) is 0.910. The van der Waals surface area contributed by atoms with Crippen LogP contribution in [0.3, 0.4) is 0 Å². The van der Waals surface area contributed by atoms with Gasteiger partial charge in [-0.25, -0.2) is 0 Å². The molecule has 186 valence electrons. The fraction of sp³-hybridized carbons (Fsp3) is 0.500. The second-order valence-corrected chi connectivity index (χ2v) is 9.20. The van der Waals surface area contributed by atoms with Crippen molar-refractivity contribution in [3.63, 3.8) is 0 Å². The molecule has 0 saturated carbocycles. The molecule has 3 atom stereocenters. The number of nitrogens with one attached hydrogen (secondary N) is 4. The van der Waals surface area contributed by atoms with Crippen LogP contribution in [-0.2, 0) is 25.6 Å². The summed E-state index contributed by atoms with van der Waals surface area (Å²) >= 11 is 0. The Morgan fingerprint density at radius 1 is 0.971 bits per heavy atom. The summed E-state index contributed by atoms with van der Waals surface area (Å²) in [5, 5.41) is 17.5. The molecule has 0 bridgehead atoms. The zero-order chi connectivity index (χ0) is 25.4. The number of fused-ring (bicyclic) bond motifs is 1. The molecular weight excluding hydrogens is 438 g/mol. The molecule has 2 rings (SSSR count). The van der Waals surface area contributed by atoms with Gasteiger partial charge in [-0.3, -0.25) is 19.2 Å². The number of H-pyrrole nitrogens is 1. The number of hydrogen-bond donors (Lipinski definition) is 6. The summed E-state index contributed by atoms with van der Waals surface area (Å²) in [4.78, 5) is 52.5. The smallest absolute Gasteiger partial charge is 0.322 e. The molecule has 1 aromatic heterocycles. The first-order valence-electron chi connectivity index (χ1n) is 11.4. The topological polar surface area (TPSA) is 166 Å². The number of amides is 3. The molecule has 3 amide bonds. The number of aromatic amines is 1. The van der Waals surface area contributed by atoms with Gasteiger partial charge in [-0.05, 0) is 29.9 Å². The van der Waals surface area contributed by atoms with Gasteiger partial charge in [0.2, 0.25) is 17.7 Å². The summed E-state index contributed by atoms with van der Waals surface area (Å²) in [7, 11) is 0. The molecule has 0 radical (unpaired) electrons. The van der Waals surface area contributed by atoms with Crippen LogP contribution in [0.1, 0.15) is 39.7 Å². The highest BCUT2D eigenvalue weighted by Gasteiger charge is 2.30. The first kappa shape index (κ1) is 26.8. The Labute approximate surface area is 199 Å². The van der Waals surface area contributed by atoms with Crippen LogP contribution in [0, 0.1) is 11.8 Å². The molecule has 1 heterocycles. The zero-order valence-electron chi connectivity index (χ0n) is 20.1. The molecule has 10 nitrogen and oxygen atoms in total. The lowest BCUT2D eigenvalue weighted by Gasteiger charge is -2.25. The summed E-state index contributed by atoms with van der Waals surface area (Å²) in [6.07, 6.45) is 2.26. The quantitative estimate of drug-likeness (QED) is 0.268. The maximum Gasteiger partial charge on any atom is 0.322 e. The van der Waals surface area contributed by atoms with Crippen LogP contribution in [-0.4, -0.2) is 58.5 Å². The summed E-state index contributed by atoms with van der Waals surface area (Å²) < 4.78 is 0. The molecule has 34 heavy (non-hydrogen) atoms. The Kier molecular flexibility index (Phi) is 9.61. The van der Waals surface area contributed by atoms with E-state index in [1.165, 1.54) is 0 Å². The third-order valence-corrected chi connectivity index (χ3v) is 5.51. The third-order valence-electron chi connectivity index (χ3n) is 5.51. The number of carbonyl (C=O) groups excluding carboxylic acids is 3. The number of para-hydroxylation sites is 1. The first-order valence-corrected chi connectivity index (χ1v) is 11.4. The number of benzene rings is 1. The van der Waals surface area contributed by atoms with Crippen molar-refractivity contribution in [2.75, 3.05) is 6.54 Å². The lowest BCUT2D eigenvalue weighted by molar-refractivity contribution is -0.138. The second-order valence-electron chi connectivity index (χ2n) is 9.20. The van der Waals surface area contributed by atoms with Gasteiger partial charge in [0.25, 0.3) is 0 Å². The van der Waals surface area contributed by atoms with Crippen molar-refractivity contribution in [3.05, 3.63) is 36.0 Å². The van der Waals surface area contributed by atoms with Gasteiger partial charge in [0.05, 0.1) is 6.04 Å². The number of aliphatic carboxylic acids is 1. The van der Waals surface area contributed by atoms with Gasteiger partial charge in [-0.2, -0.15) is 0 Å². The van der Waals surface area contributed by atoms with E-state index in [4.69, 9.17) is 10.8 Å². The van der Waals surface area contributed by atoms with Gasteiger partial charge in [-0.1, -0.05) is 45.9 Å². The molecule has 0 fully saturated rings. The van der Waals surface area contributed by atoms with E-state index in [0.29, 0.717) is 6.42 Å². The van der Waals surface area contributed by atoms with E-state index in [0.717, 1.165) is 16.5 Å². The fourth-order valence-corrected chi connectivity index (χ4v) is 3.56. The Morgan fingerprint density at radius 2 is 1.62 bits per heavy atom. The molecule has 0 aliphatic rings. The Hall–Kier alpha value is -3.40. The highest BCUT2D eigenvalue weighted by molar-refractivity contribution is 5.94. The Bertz CT molecular complexity index is 1020. The molecule has 10 heteroatoms. The van der Waals surface area contributed by atoms with Crippen LogP contribution in [0.5, 0.6) is 0 Å². The number of carbonyl (C=O) groups is 4. The third kappa shape index (κ3) is 7.58. The molecule has 0 spiro atoms. The van der Waals surface area contributed by atoms with Crippen molar-refractivity contribution < 1.29 is 24.3 Å². The van der Waals surface area contributed by atoms with Gasteiger partial charge in [0.1, 0.15) is 18.6 Å². The average molecular weight is 474 g/mol. The molecular formula is C24H35N5O5.